The van der Waals surface area contributed by atoms with E-state index in [1.165, 1.54) is 6.26 Å². The molecule has 4 aliphatic heterocycles. The van der Waals surface area contributed by atoms with Crippen LogP contribution in [0.25, 0.3) is 0 Å². The van der Waals surface area contributed by atoms with Crippen LogP contribution in [0.15, 0.2) is 29.4 Å². The summed E-state index contributed by atoms with van der Waals surface area (Å²) in [5.41, 5.74) is 10.8. The Labute approximate surface area is 212 Å². The Bertz CT molecular complexity index is 1320. The molecular formula is C25H33N7O3S. The summed E-state index contributed by atoms with van der Waals surface area (Å²) in [7, 11) is -3.36. The van der Waals surface area contributed by atoms with Gasteiger partial charge in [-0.25, -0.2) is 18.4 Å². The molecular weight excluding hydrogens is 478 g/mol. The van der Waals surface area contributed by atoms with Gasteiger partial charge in [-0.2, -0.15) is 0 Å². The number of nitrogens with one attached hydrogen (secondary N) is 1. The van der Waals surface area contributed by atoms with Crippen molar-refractivity contribution >= 4 is 33.1 Å². The minimum Gasteiger partial charge on any atom is -0.376 e. The molecule has 0 radical (unpaired) electrons. The molecule has 10 nitrogen and oxygen atoms in total. The van der Waals surface area contributed by atoms with Gasteiger partial charge in [-0.3, -0.25) is 9.71 Å². The fourth-order valence-corrected chi connectivity index (χ4v) is 6.69. The average Bonchev–Trinajstić information content (AvgIpc) is 3.40. The number of fused-ring (bicyclic) bond motifs is 2. The third kappa shape index (κ3) is 4.03. The predicted octanol–water partition coefficient (Wildman–Crippen LogP) is 1.89. The number of nitrogens with two attached hydrogens (primary N) is 1. The quantitative estimate of drug-likeness (QED) is 0.640. The second-order valence-electron chi connectivity index (χ2n) is 10.5. The Hall–Kier alpha value is -2.76. The summed E-state index contributed by atoms with van der Waals surface area (Å²) in [6.07, 6.45) is 6.84. The van der Waals surface area contributed by atoms with E-state index in [0.29, 0.717) is 12.2 Å². The van der Waals surface area contributed by atoms with Crippen LogP contribution < -0.4 is 20.3 Å². The highest BCUT2D eigenvalue weighted by atomic mass is 32.2. The minimum absolute atomic E-state index is 0.0722. The van der Waals surface area contributed by atoms with E-state index < -0.39 is 10.0 Å². The number of benzene rings is 1. The number of hydrogen-bond acceptors (Lipinski definition) is 9. The average molecular weight is 512 g/mol. The van der Waals surface area contributed by atoms with Crippen molar-refractivity contribution in [3.63, 3.8) is 0 Å². The highest BCUT2D eigenvalue weighted by Crippen LogP contribution is 2.42. The maximum atomic E-state index is 11.9. The van der Waals surface area contributed by atoms with E-state index in [2.05, 4.69) is 21.4 Å². The van der Waals surface area contributed by atoms with Crippen molar-refractivity contribution in [2.45, 2.75) is 51.3 Å². The first-order valence-corrected chi connectivity index (χ1v) is 14.5. The monoisotopic (exact) mass is 511 g/mol. The van der Waals surface area contributed by atoms with Crippen molar-refractivity contribution < 1.29 is 13.2 Å². The number of sulfonamides is 1. The Balaban J connectivity index is 1.22. The molecule has 0 unspecified atom stereocenters. The normalized spacial score (nSPS) is 25.0. The summed E-state index contributed by atoms with van der Waals surface area (Å²) in [5.74, 6) is 1.70. The Morgan fingerprint density at radius 3 is 2.75 bits per heavy atom. The molecule has 2 saturated heterocycles. The fourth-order valence-electron chi connectivity index (χ4n) is 6.10. The van der Waals surface area contributed by atoms with Gasteiger partial charge >= 0.3 is 0 Å². The maximum absolute atomic E-state index is 11.9. The number of hydrogen-bond donors (Lipinski definition) is 2. The lowest BCUT2D eigenvalue weighted by Crippen LogP contribution is -2.50. The van der Waals surface area contributed by atoms with Crippen LogP contribution in [0.4, 0.5) is 17.2 Å². The second-order valence-corrected chi connectivity index (χ2v) is 12.2. The Morgan fingerprint density at radius 1 is 1.22 bits per heavy atom. The van der Waals surface area contributed by atoms with Crippen molar-refractivity contribution in [2.24, 2.45) is 16.1 Å². The number of amidine groups is 1. The highest BCUT2D eigenvalue weighted by Gasteiger charge is 2.47. The van der Waals surface area contributed by atoms with E-state index in [4.69, 9.17) is 25.4 Å². The predicted molar refractivity (Wildman–Crippen MR) is 140 cm³/mol. The van der Waals surface area contributed by atoms with E-state index in [9.17, 15) is 8.42 Å². The van der Waals surface area contributed by atoms with Gasteiger partial charge in [-0.05, 0) is 44.7 Å². The number of rotatable bonds is 3. The smallest absolute Gasteiger partial charge is 0.229 e. The van der Waals surface area contributed by atoms with Gasteiger partial charge in [-0.15, -0.1) is 0 Å². The first kappa shape index (κ1) is 23.6. The number of ether oxygens (including phenoxy) is 1. The number of aliphatic imine (C=N–C) groups is 1. The van der Waals surface area contributed by atoms with Crippen molar-refractivity contribution in [2.75, 3.05) is 47.0 Å². The molecule has 36 heavy (non-hydrogen) atoms. The molecule has 192 valence electrons. The molecule has 2 aromatic rings. The number of piperidine rings is 1. The van der Waals surface area contributed by atoms with E-state index in [-0.39, 0.29) is 17.6 Å². The van der Waals surface area contributed by atoms with Gasteiger partial charge in [0.2, 0.25) is 10.0 Å². The lowest BCUT2D eigenvalue weighted by Gasteiger charge is -2.41. The zero-order valence-corrected chi connectivity index (χ0v) is 21.6. The Kier molecular flexibility index (Phi) is 5.69. The van der Waals surface area contributed by atoms with Crippen molar-refractivity contribution in [1.82, 2.24) is 9.97 Å². The van der Waals surface area contributed by atoms with E-state index >= 15 is 0 Å². The van der Waals surface area contributed by atoms with Gasteiger partial charge < -0.3 is 20.3 Å². The molecule has 1 aromatic carbocycles. The fraction of sp³-hybridized carbons (Fsp3) is 0.560. The van der Waals surface area contributed by atoms with Crippen LogP contribution in [0.1, 0.15) is 43.1 Å². The standard InChI is InChI=1S/C25H33N7O3S/c1-16-23(26)25(15-35-16)8-11-31(12-9-25)21-14-27-22-19(29-21)13-28-24(22)32-10-4-5-17-18(30-36(2,33)34)6-3-7-20(17)32/h3,6-7,14,16,23,30H,4-5,8-13,15,26H2,1-2H3/t16-,23+/m0/s1. The van der Waals surface area contributed by atoms with E-state index in [0.717, 1.165) is 86.2 Å². The summed E-state index contributed by atoms with van der Waals surface area (Å²) in [5, 5.41) is 0. The lowest BCUT2D eigenvalue weighted by atomic mass is 9.73. The maximum Gasteiger partial charge on any atom is 0.229 e. The summed E-state index contributed by atoms with van der Waals surface area (Å²) in [4.78, 5) is 19.1. The molecule has 11 heteroatoms. The molecule has 1 spiro atoms. The zero-order valence-electron chi connectivity index (χ0n) is 20.8. The van der Waals surface area contributed by atoms with Crippen LogP contribution in [0.2, 0.25) is 0 Å². The molecule has 6 rings (SSSR count). The SMILES string of the molecule is C[C@@H]1OCC2(CCN(c3cnc4c(n3)CN=C4N3CCCc4c(NS(C)(=O)=O)cccc43)CC2)[C@@H]1N. The molecule has 0 bridgehead atoms. The van der Waals surface area contributed by atoms with E-state index in [1.807, 2.05) is 24.4 Å². The van der Waals surface area contributed by atoms with Crippen molar-refractivity contribution in [3.8, 4) is 0 Å². The van der Waals surface area contributed by atoms with Crippen LogP contribution in [0.3, 0.4) is 0 Å². The number of anilines is 3. The molecule has 2 fully saturated rings. The third-order valence-corrected chi connectivity index (χ3v) is 8.74. The zero-order chi connectivity index (χ0) is 25.1. The third-order valence-electron chi connectivity index (χ3n) is 8.15. The van der Waals surface area contributed by atoms with Crippen LogP contribution in [0, 0.1) is 5.41 Å². The van der Waals surface area contributed by atoms with Gasteiger partial charge in [0.1, 0.15) is 11.5 Å². The summed E-state index contributed by atoms with van der Waals surface area (Å²) in [6.45, 7) is 5.88. The van der Waals surface area contributed by atoms with Crippen LogP contribution in [-0.4, -0.2) is 68.9 Å². The molecule has 0 saturated carbocycles. The topological polar surface area (TPSA) is 126 Å². The molecule has 5 heterocycles. The second kappa shape index (κ2) is 8.67. The molecule has 1 aromatic heterocycles. The lowest BCUT2D eigenvalue weighted by molar-refractivity contribution is 0.0974. The highest BCUT2D eigenvalue weighted by molar-refractivity contribution is 7.92. The van der Waals surface area contributed by atoms with E-state index in [1.54, 1.807) is 0 Å². The number of nitrogens with zero attached hydrogens (tertiary/aromatic N) is 5. The Morgan fingerprint density at radius 2 is 2.03 bits per heavy atom. The molecule has 4 aliphatic rings. The first-order valence-electron chi connectivity index (χ1n) is 12.6. The molecule has 3 N–H and O–H groups in total. The summed E-state index contributed by atoms with van der Waals surface area (Å²) in [6, 6.07) is 5.79. The van der Waals surface area contributed by atoms with Crippen molar-refractivity contribution in [1.29, 1.82) is 0 Å². The number of aromatic nitrogens is 2. The van der Waals surface area contributed by atoms with Gasteiger partial charge in [0.05, 0.1) is 43.1 Å². The molecule has 2 atom stereocenters. The van der Waals surface area contributed by atoms with Gasteiger partial charge in [-0.1, -0.05) is 6.07 Å². The molecule has 0 aliphatic carbocycles. The van der Waals surface area contributed by atoms with Crippen LogP contribution in [0.5, 0.6) is 0 Å². The van der Waals surface area contributed by atoms with Gasteiger partial charge in [0, 0.05) is 42.3 Å². The minimum atomic E-state index is -3.36. The first-order chi connectivity index (χ1) is 17.2. The van der Waals surface area contributed by atoms with Crippen LogP contribution in [-0.2, 0) is 27.7 Å². The van der Waals surface area contributed by atoms with Crippen molar-refractivity contribution in [3.05, 3.63) is 41.3 Å². The largest absolute Gasteiger partial charge is 0.376 e. The summed E-state index contributed by atoms with van der Waals surface area (Å²) < 4.78 is 32.3. The van der Waals surface area contributed by atoms with Gasteiger partial charge in [0.25, 0.3) is 0 Å². The van der Waals surface area contributed by atoms with Crippen LogP contribution >= 0.6 is 0 Å². The molecule has 0 amide bonds. The summed E-state index contributed by atoms with van der Waals surface area (Å²) >= 11 is 0. The van der Waals surface area contributed by atoms with Gasteiger partial charge in [0.15, 0.2) is 5.84 Å².